The van der Waals surface area contributed by atoms with E-state index in [0.29, 0.717) is 0 Å². The number of nitrogens with zero attached hydrogens (tertiary/aromatic N) is 2. The molecule has 0 aliphatic carbocycles. The molecule has 2 rings (SSSR count). The first-order valence-electron chi connectivity index (χ1n) is 8.90. The molecule has 12 heteroatoms. The van der Waals surface area contributed by atoms with Gasteiger partial charge in [0.05, 0.1) is 9.79 Å². The fourth-order valence-electron chi connectivity index (χ4n) is 2.23. The van der Waals surface area contributed by atoms with Crippen LogP contribution in [0.2, 0.25) is 0 Å². The molecule has 0 amide bonds. The summed E-state index contributed by atoms with van der Waals surface area (Å²) in [6.45, 7) is 3.16. The second-order valence-electron chi connectivity index (χ2n) is 5.97. The van der Waals surface area contributed by atoms with Crippen LogP contribution in [-0.4, -0.2) is 37.9 Å². The minimum atomic E-state index is -4.75. The van der Waals surface area contributed by atoms with Crippen LogP contribution in [0.15, 0.2) is 58.3 Å². The lowest BCUT2D eigenvalue weighted by atomic mass is 10.3. The Morgan fingerprint density at radius 1 is 0.742 bits per heavy atom. The second kappa shape index (κ2) is 9.65. The summed E-state index contributed by atoms with van der Waals surface area (Å²) in [4.78, 5) is 24.2. The SMILES string of the molecule is CCC(=O)Oc1ccc(S(=O)(=O)C(=[N+]=[N-])S(=O)(=O)c2ccc(OC(=O)CC)cc2)cc1. The van der Waals surface area contributed by atoms with E-state index in [-0.39, 0.29) is 24.3 Å². The molecule has 0 saturated heterocycles. The number of sulfone groups is 2. The van der Waals surface area contributed by atoms with Crippen molar-refractivity contribution in [2.45, 2.75) is 36.5 Å². The lowest BCUT2D eigenvalue weighted by Crippen LogP contribution is -2.26. The molecule has 0 heterocycles. The van der Waals surface area contributed by atoms with Crippen molar-refractivity contribution in [3.63, 3.8) is 0 Å². The van der Waals surface area contributed by atoms with E-state index in [1.54, 1.807) is 13.8 Å². The van der Waals surface area contributed by atoms with Crippen molar-refractivity contribution in [2.75, 3.05) is 0 Å². The highest BCUT2D eigenvalue weighted by Crippen LogP contribution is 2.24. The Hall–Kier alpha value is -3.34. The third-order valence-corrected chi connectivity index (χ3v) is 8.04. The van der Waals surface area contributed by atoms with Crippen LogP contribution < -0.4 is 9.47 Å². The molecule has 10 nitrogen and oxygen atoms in total. The number of carbonyl (C=O) groups is 2. The molecule has 0 N–H and O–H groups in total. The summed E-state index contributed by atoms with van der Waals surface area (Å²) >= 11 is 0. The summed E-state index contributed by atoms with van der Waals surface area (Å²) in [7, 11) is -9.51. The summed E-state index contributed by atoms with van der Waals surface area (Å²) in [6, 6.07) is 8.72. The van der Waals surface area contributed by atoms with Gasteiger partial charge >= 0.3 is 16.3 Å². The number of hydrogen-bond acceptors (Lipinski definition) is 8. The van der Waals surface area contributed by atoms with Gasteiger partial charge in [0.15, 0.2) is 0 Å². The minimum Gasteiger partial charge on any atom is -0.427 e. The smallest absolute Gasteiger partial charge is 0.427 e. The highest BCUT2D eigenvalue weighted by Gasteiger charge is 2.44. The van der Waals surface area contributed by atoms with Gasteiger partial charge in [0.1, 0.15) is 11.5 Å². The molecular weight excluding hydrogens is 448 g/mol. The van der Waals surface area contributed by atoms with E-state index < -0.39 is 45.8 Å². The molecule has 0 atom stereocenters. The van der Waals surface area contributed by atoms with E-state index in [1.165, 1.54) is 24.3 Å². The molecule has 0 aliphatic heterocycles. The topological polar surface area (TPSA) is 157 Å². The quantitative estimate of drug-likeness (QED) is 0.156. The van der Waals surface area contributed by atoms with Crippen LogP contribution in [0.25, 0.3) is 5.53 Å². The van der Waals surface area contributed by atoms with E-state index >= 15 is 0 Å². The van der Waals surface area contributed by atoms with E-state index in [4.69, 9.17) is 9.47 Å². The van der Waals surface area contributed by atoms with Gasteiger partial charge in [-0.15, -0.1) is 4.79 Å². The Morgan fingerprint density at radius 3 is 1.32 bits per heavy atom. The first-order valence-corrected chi connectivity index (χ1v) is 11.9. The van der Waals surface area contributed by atoms with Gasteiger partial charge in [-0.2, -0.15) is 0 Å². The average molecular weight is 466 g/mol. The molecule has 0 radical (unpaired) electrons. The molecule has 2 aromatic carbocycles. The van der Waals surface area contributed by atoms with Crippen molar-refractivity contribution in [1.29, 1.82) is 0 Å². The number of esters is 2. The number of benzene rings is 2. The summed E-state index contributed by atoms with van der Waals surface area (Å²) in [5, 5.41) is 0. The number of rotatable bonds is 6. The fraction of sp³-hybridized carbons (Fsp3) is 0.211. The summed E-state index contributed by atoms with van der Waals surface area (Å²) in [5.74, 6) is -0.950. The van der Waals surface area contributed by atoms with Crippen LogP contribution >= 0.6 is 0 Å². The Labute approximate surface area is 178 Å². The predicted molar refractivity (Wildman–Crippen MR) is 108 cm³/mol. The van der Waals surface area contributed by atoms with Crippen molar-refractivity contribution >= 4 is 36.0 Å². The van der Waals surface area contributed by atoms with Crippen molar-refractivity contribution in [3.05, 3.63) is 54.1 Å². The van der Waals surface area contributed by atoms with Gasteiger partial charge in [-0.05, 0) is 48.5 Å². The Balaban J connectivity index is 2.38. The molecule has 2 aromatic rings. The van der Waals surface area contributed by atoms with Crippen LogP contribution in [-0.2, 0) is 29.3 Å². The van der Waals surface area contributed by atoms with Crippen LogP contribution in [0, 0.1) is 0 Å². The molecule has 0 aromatic heterocycles. The largest absolute Gasteiger partial charge is 0.504 e. The van der Waals surface area contributed by atoms with Gasteiger partial charge in [-0.3, -0.25) is 9.59 Å². The Bertz CT molecular complexity index is 1150. The van der Waals surface area contributed by atoms with E-state index in [9.17, 15) is 32.0 Å². The molecule has 0 unspecified atom stereocenters. The van der Waals surface area contributed by atoms with Crippen molar-refractivity contribution < 1.29 is 40.7 Å². The third-order valence-electron chi connectivity index (χ3n) is 3.85. The fourth-order valence-corrected chi connectivity index (χ4v) is 5.57. The van der Waals surface area contributed by atoms with Crippen molar-refractivity contribution in [2.24, 2.45) is 0 Å². The van der Waals surface area contributed by atoms with Crippen LogP contribution in [0.1, 0.15) is 26.7 Å². The average Bonchev–Trinajstić information content (AvgIpc) is 2.74. The zero-order valence-corrected chi connectivity index (χ0v) is 18.1. The van der Waals surface area contributed by atoms with Gasteiger partial charge in [0.2, 0.25) is 0 Å². The maximum atomic E-state index is 12.8. The maximum Gasteiger partial charge on any atom is 0.504 e. The molecule has 0 bridgehead atoms. The highest BCUT2D eigenvalue weighted by molar-refractivity contribution is 8.31. The van der Waals surface area contributed by atoms with Crippen LogP contribution in [0.3, 0.4) is 0 Å². The summed E-state index contributed by atoms with van der Waals surface area (Å²) in [5.41, 5.74) is 9.22. The number of carbonyl (C=O) groups excluding carboxylic acids is 2. The van der Waals surface area contributed by atoms with Crippen LogP contribution in [0.5, 0.6) is 11.5 Å². The first-order chi connectivity index (χ1) is 14.6. The standard InChI is InChI=1S/C19H18N2O8S2/c1-3-17(22)28-13-5-9-15(10-6-13)30(24,25)19(21-20)31(26,27)16-11-7-14(8-12-16)29-18(23)4-2/h5-12H,3-4H2,1-2H3. The Kier molecular flexibility index (Phi) is 7.45. The van der Waals surface area contributed by atoms with E-state index in [1.807, 2.05) is 0 Å². The number of hydrogen-bond donors (Lipinski definition) is 0. The monoisotopic (exact) mass is 466 g/mol. The van der Waals surface area contributed by atoms with Gasteiger partial charge < -0.3 is 15.0 Å². The molecule has 0 fully saturated rings. The van der Waals surface area contributed by atoms with Crippen LogP contribution in [0.4, 0.5) is 0 Å². The first kappa shape index (κ1) is 23.9. The zero-order chi connectivity index (χ0) is 23.2. The molecule has 0 saturated carbocycles. The lowest BCUT2D eigenvalue weighted by molar-refractivity contribution is -0.134. The molecule has 164 valence electrons. The van der Waals surface area contributed by atoms with Gasteiger partial charge in [0.25, 0.3) is 19.7 Å². The molecular formula is C19H18N2O8S2. The maximum absolute atomic E-state index is 12.8. The second-order valence-corrected chi connectivity index (χ2v) is 9.96. The predicted octanol–water partition coefficient (Wildman–Crippen LogP) is 2.15. The lowest BCUT2D eigenvalue weighted by Gasteiger charge is -2.06. The summed E-state index contributed by atoms with van der Waals surface area (Å²) in [6.07, 6.45) is 0.214. The van der Waals surface area contributed by atoms with E-state index in [0.717, 1.165) is 24.3 Å². The molecule has 0 aliphatic rings. The van der Waals surface area contributed by atoms with Gasteiger partial charge in [-0.1, -0.05) is 13.8 Å². The summed E-state index contributed by atoms with van der Waals surface area (Å²) < 4.78 is 59.5. The van der Waals surface area contributed by atoms with Crippen molar-refractivity contribution in [1.82, 2.24) is 0 Å². The highest BCUT2D eigenvalue weighted by atomic mass is 32.3. The molecule has 0 spiro atoms. The van der Waals surface area contributed by atoms with E-state index in [2.05, 4.69) is 4.79 Å². The third kappa shape index (κ3) is 5.43. The van der Waals surface area contributed by atoms with Gasteiger partial charge in [0, 0.05) is 12.8 Å². The van der Waals surface area contributed by atoms with Gasteiger partial charge in [-0.25, -0.2) is 16.8 Å². The molecule has 31 heavy (non-hydrogen) atoms. The normalized spacial score (nSPS) is 11.3. The van der Waals surface area contributed by atoms with Crippen molar-refractivity contribution in [3.8, 4) is 11.5 Å². The number of ether oxygens (including phenoxy) is 2. The zero-order valence-electron chi connectivity index (χ0n) is 16.5. The Morgan fingerprint density at radius 2 is 1.06 bits per heavy atom. The minimum absolute atomic E-state index is 0.0633.